The highest BCUT2D eigenvalue weighted by molar-refractivity contribution is 6.03. The van der Waals surface area contributed by atoms with Crippen LogP contribution in [0.4, 0.5) is 4.39 Å². The van der Waals surface area contributed by atoms with E-state index in [4.69, 9.17) is 4.74 Å². The van der Waals surface area contributed by atoms with E-state index in [9.17, 15) is 9.18 Å². The molecular formula is C17H24FNO2. The first-order valence-electron chi connectivity index (χ1n) is 7.46. The van der Waals surface area contributed by atoms with E-state index in [0.717, 1.165) is 25.7 Å². The predicted octanol–water partition coefficient (Wildman–Crippen LogP) is 3.53. The highest BCUT2D eigenvalue weighted by Crippen LogP contribution is 2.38. The van der Waals surface area contributed by atoms with Gasteiger partial charge in [0.1, 0.15) is 0 Å². The van der Waals surface area contributed by atoms with E-state index in [0.29, 0.717) is 11.5 Å². The summed E-state index contributed by atoms with van der Waals surface area (Å²) in [6.45, 7) is 2.22. The number of halogens is 1. The molecule has 0 heterocycles. The zero-order valence-electron chi connectivity index (χ0n) is 13.3. The highest BCUT2D eigenvalue weighted by atomic mass is 19.1. The lowest BCUT2D eigenvalue weighted by molar-refractivity contribution is 0.0513. The molecule has 1 aromatic carbocycles. The van der Waals surface area contributed by atoms with Crippen LogP contribution in [0.25, 0.3) is 0 Å². The van der Waals surface area contributed by atoms with Crippen LogP contribution in [0.15, 0.2) is 18.2 Å². The molecule has 0 bridgehead atoms. The number of carbonyl (C=O) groups excluding carboxylic acids is 1. The molecule has 0 radical (unpaired) electrons. The molecule has 0 aliphatic heterocycles. The van der Waals surface area contributed by atoms with Crippen LogP contribution in [0.2, 0.25) is 0 Å². The van der Waals surface area contributed by atoms with Gasteiger partial charge < -0.3 is 4.74 Å². The van der Waals surface area contributed by atoms with Gasteiger partial charge in [-0.15, -0.1) is 0 Å². The molecule has 1 fully saturated rings. The molecule has 0 saturated heterocycles. The number of nitrogens with zero attached hydrogens (tertiary/aromatic N) is 1. The quantitative estimate of drug-likeness (QED) is 0.795. The van der Waals surface area contributed by atoms with Gasteiger partial charge in [-0.3, -0.25) is 9.69 Å². The zero-order chi connectivity index (χ0) is 15.6. The summed E-state index contributed by atoms with van der Waals surface area (Å²) in [7, 11) is 5.30. The summed E-state index contributed by atoms with van der Waals surface area (Å²) in [6, 6.07) is 4.48. The molecule has 1 saturated carbocycles. The van der Waals surface area contributed by atoms with Crippen LogP contribution < -0.4 is 4.74 Å². The predicted molar refractivity (Wildman–Crippen MR) is 81.3 cm³/mol. The summed E-state index contributed by atoms with van der Waals surface area (Å²) >= 11 is 0. The molecule has 3 nitrogen and oxygen atoms in total. The minimum Gasteiger partial charge on any atom is -0.494 e. The van der Waals surface area contributed by atoms with Crippen LogP contribution in [-0.2, 0) is 0 Å². The second-order valence-electron chi connectivity index (χ2n) is 6.29. The van der Waals surface area contributed by atoms with Crippen molar-refractivity contribution in [3.8, 4) is 5.75 Å². The average Bonchev–Trinajstić information content (AvgIpc) is 2.47. The van der Waals surface area contributed by atoms with E-state index < -0.39 is 11.4 Å². The number of rotatable bonds is 4. The van der Waals surface area contributed by atoms with Crippen LogP contribution in [0.1, 0.15) is 43.0 Å². The van der Waals surface area contributed by atoms with Crippen LogP contribution >= 0.6 is 0 Å². The Labute approximate surface area is 126 Å². The first-order valence-corrected chi connectivity index (χ1v) is 7.46. The third kappa shape index (κ3) is 2.95. The summed E-state index contributed by atoms with van der Waals surface area (Å²) in [5.74, 6) is 0.351. The minimum absolute atomic E-state index is 0.0148. The molecule has 1 aliphatic carbocycles. The van der Waals surface area contributed by atoms with E-state index in [2.05, 4.69) is 6.92 Å². The maximum Gasteiger partial charge on any atom is 0.183 e. The van der Waals surface area contributed by atoms with Crippen molar-refractivity contribution in [1.29, 1.82) is 0 Å². The summed E-state index contributed by atoms with van der Waals surface area (Å²) in [5, 5.41) is 0. The Morgan fingerprint density at radius 1 is 1.33 bits per heavy atom. The Bertz CT molecular complexity index is 520. The van der Waals surface area contributed by atoms with Gasteiger partial charge in [-0.25, -0.2) is 4.39 Å². The van der Waals surface area contributed by atoms with Gasteiger partial charge in [0.2, 0.25) is 0 Å². The van der Waals surface area contributed by atoms with E-state index >= 15 is 0 Å². The first kappa shape index (κ1) is 16.0. The van der Waals surface area contributed by atoms with E-state index in [1.807, 2.05) is 19.0 Å². The Morgan fingerprint density at radius 3 is 2.43 bits per heavy atom. The Morgan fingerprint density at radius 2 is 1.95 bits per heavy atom. The van der Waals surface area contributed by atoms with Gasteiger partial charge in [0, 0.05) is 5.56 Å². The van der Waals surface area contributed by atoms with Crippen molar-refractivity contribution in [1.82, 2.24) is 4.90 Å². The molecule has 116 valence electrons. The number of ketones is 1. The van der Waals surface area contributed by atoms with Crippen molar-refractivity contribution < 1.29 is 13.9 Å². The number of hydrogen-bond donors (Lipinski definition) is 0. The van der Waals surface area contributed by atoms with Gasteiger partial charge in [-0.05, 0) is 63.9 Å². The normalized spacial score (nSPS) is 25.9. The Kier molecular flexibility index (Phi) is 4.67. The Balaban J connectivity index is 2.33. The van der Waals surface area contributed by atoms with Crippen molar-refractivity contribution in [2.45, 2.75) is 38.1 Å². The average molecular weight is 293 g/mol. The first-order chi connectivity index (χ1) is 9.90. The zero-order valence-corrected chi connectivity index (χ0v) is 13.3. The lowest BCUT2D eigenvalue weighted by Gasteiger charge is -2.43. The second-order valence-corrected chi connectivity index (χ2v) is 6.29. The lowest BCUT2D eigenvalue weighted by Crippen LogP contribution is -2.53. The van der Waals surface area contributed by atoms with Crippen molar-refractivity contribution in [3.05, 3.63) is 29.6 Å². The van der Waals surface area contributed by atoms with E-state index in [-0.39, 0.29) is 11.5 Å². The number of hydrogen-bond acceptors (Lipinski definition) is 3. The maximum atomic E-state index is 13.9. The molecule has 0 N–H and O–H groups in total. The maximum absolute atomic E-state index is 13.9. The molecule has 0 atom stereocenters. The van der Waals surface area contributed by atoms with Crippen molar-refractivity contribution >= 4 is 5.78 Å². The number of benzene rings is 1. The minimum atomic E-state index is -0.506. The molecule has 1 aliphatic rings. The van der Waals surface area contributed by atoms with Crippen LogP contribution in [0.5, 0.6) is 5.75 Å². The monoisotopic (exact) mass is 293 g/mol. The molecular weight excluding hydrogens is 269 g/mol. The summed E-state index contributed by atoms with van der Waals surface area (Å²) < 4.78 is 18.8. The lowest BCUT2D eigenvalue weighted by atomic mass is 9.72. The molecule has 0 aromatic heterocycles. The van der Waals surface area contributed by atoms with Gasteiger partial charge in [-0.1, -0.05) is 6.92 Å². The molecule has 1 aromatic rings. The van der Waals surface area contributed by atoms with Crippen molar-refractivity contribution in [3.63, 3.8) is 0 Å². The Hall–Kier alpha value is -1.42. The molecule has 0 spiro atoms. The van der Waals surface area contributed by atoms with Crippen molar-refractivity contribution in [2.24, 2.45) is 5.92 Å². The number of methoxy groups -OCH3 is 1. The topological polar surface area (TPSA) is 29.5 Å². The summed E-state index contributed by atoms with van der Waals surface area (Å²) in [5.41, 5.74) is -0.0790. The van der Waals surface area contributed by atoms with Crippen LogP contribution in [-0.4, -0.2) is 37.4 Å². The fourth-order valence-corrected chi connectivity index (χ4v) is 3.19. The fraction of sp³-hybridized carbons (Fsp3) is 0.588. The molecule has 21 heavy (non-hydrogen) atoms. The van der Waals surface area contributed by atoms with E-state index in [1.165, 1.54) is 19.2 Å². The van der Waals surface area contributed by atoms with Gasteiger partial charge in [-0.2, -0.15) is 0 Å². The molecule has 0 unspecified atom stereocenters. The van der Waals surface area contributed by atoms with E-state index in [1.54, 1.807) is 6.07 Å². The van der Waals surface area contributed by atoms with Crippen LogP contribution in [0.3, 0.4) is 0 Å². The van der Waals surface area contributed by atoms with Gasteiger partial charge >= 0.3 is 0 Å². The molecule has 4 heteroatoms. The van der Waals surface area contributed by atoms with Crippen molar-refractivity contribution in [2.75, 3.05) is 21.2 Å². The standard InChI is InChI=1S/C17H24FNO2/c1-12-7-9-17(10-8-12,19(2)3)16(20)13-5-6-15(21-4)14(18)11-13/h5-6,11-12H,7-10H2,1-4H3. The SMILES string of the molecule is COc1ccc(C(=O)C2(N(C)C)CCC(C)CC2)cc1F. The highest BCUT2D eigenvalue weighted by Gasteiger charge is 2.43. The number of likely N-dealkylation sites (N-methyl/N-ethyl adjacent to an activating group) is 1. The second kappa shape index (κ2) is 6.14. The molecule has 0 amide bonds. The molecule has 2 rings (SSSR count). The summed E-state index contributed by atoms with van der Waals surface area (Å²) in [6.07, 6.45) is 3.71. The third-order valence-electron chi connectivity index (χ3n) is 4.79. The number of carbonyl (C=O) groups is 1. The van der Waals surface area contributed by atoms with Crippen LogP contribution in [0, 0.1) is 11.7 Å². The third-order valence-corrected chi connectivity index (χ3v) is 4.79. The smallest absolute Gasteiger partial charge is 0.183 e. The van der Waals surface area contributed by atoms with Gasteiger partial charge in [0.05, 0.1) is 12.6 Å². The fourth-order valence-electron chi connectivity index (χ4n) is 3.19. The van der Waals surface area contributed by atoms with Gasteiger partial charge in [0.25, 0.3) is 0 Å². The number of Topliss-reactive ketones (excluding diaryl/α,β-unsaturated/α-hetero) is 1. The summed E-state index contributed by atoms with van der Waals surface area (Å²) in [4.78, 5) is 15.0. The van der Waals surface area contributed by atoms with Gasteiger partial charge in [0.15, 0.2) is 17.3 Å². The largest absolute Gasteiger partial charge is 0.494 e. The number of ether oxygens (including phenoxy) is 1.